The number of hydrogen-bond donors (Lipinski definition) is 10. The molecule has 1 saturated carbocycles. The average molecular weight is 971 g/mol. The van der Waals surface area contributed by atoms with E-state index in [0.29, 0.717) is 43.0 Å². The molecule has 0 radical (unpaired) electrons. The molecule has 0 spiro atoms. The van der Waals surface area contributed by atoms with E-state index >= 15 is 0 Å². The molecule has 8 amide bonds. The summed E-state index contributed by atoms with van der Waals surface area (Å²) in [5.41, 5.74) is 18.1. The SMILES string of the molecule is C[C@H](N)C(=O)NN1C/C=C\CN(CC2CC2)CCCC[C@@H](C(N)=O)NC(=O)[C@@H](Cc2ccccc2)NC(=O)[C@H](Cc2c[nH]c3ccccc23)NC(=O)[C@H](C)NC(=O)[C@@H](Cc2c[nH]c3ccccc23)NC1=O. The van der Waals surface area contributed by atoms with E-state index in [2.05, 4.69) is 46.9 Å². The van der Waals surface area contributed by atoms with Gasteiger partial charge in [0.15, 0.2) is 0 Å². The van der Waals surface area contributed by atoms with Crippen LogP contribution >= 0.6 is 0 Å². The number of benzene rings is 3. The fraction of sp³-hybridized carbons (Fsp3) is 0.404. The number of urea groups is 1. The van der Waals surface area contributed by atoms with Gasteiger partial charge in [-0.15, -0.1) is 0 Å². The molecule has 0 unspecified atom stereocenters. The average Bonchev–Trinajstić information content (AvgIpc) is 3.95. The van der Waals surface area contributed by atoms with Crippen molar-refractivity contribution in [3.8, 4) is 0 Å². The largest absolute Gasteiger partial charge is 0.368 e. The Morgan fingerprint density at radius 2 is 1.21 bits per heavy atom. The molecule has 1 aliphatic heterocycles. The maximum Gasteiger partial charge on any atom is 0.337 e. The van der Waals surface area contributed by atoms with Crippen LogP contribution in [0.15, 0.2) is 103 Å². The number of hydrogen-bond acceptors (Lipinski definition) is 9. The summed E-state index contributed by atoms with van der Waals surface area (Å²) < 4.78 is 0. The molecule has 376 valence electrons. The van der Waals surface area contributed by atoms with E-state index in [9.17, 15) is 33.6 Å². The summed E-state index contributed by atoms with van der Waals surface area (Å²) in [4.78, 5) is 106. The highest BCUT2D eigenvalue weighted by Gasteiger charge is 2.33. The Bertz CT molecular complexity index is 2700. The number of rotatable bonds is 11. The van der Waals surface area contributed by atoms with Gasteiger partial charge in [0, 0.05) is 66.6 Å². The fourth-order valence-electron chi connectivity index (χ4n) is 8.68. The van der Waals surface area contributed by atoms with Gasteiger partial charge in [0.2, 0.25) is 29.5 Å². The summed E-state index contributed by atoms with van der Waals surface area (Å²) in [5.74, 6) is -3.55. The number of aromatic nitrogens is 2. The van der Waals surface area contributed by atoms with Crippen LogP contribution < -0.4 is 43.5 Å². The lowest BCUT2D eigenvalue weighted by Gasteiger charge is -2.28. The first-order valence-corrected chi connectivity index (χ1v) is 24.4. The molecule has 19 nitrogen and oxygen atoms in total. The van der Waals surface area contributed by atoms with Gasteiger partial charge in [-0.1, -0.05) is 78.9 Å². The third-order valence-electron chi connectivity index (χ3n) is 12.9. The van der Waals surface area contributed by atoms with Crippen molar-refractivity contribution < 1.29 is 33.6 Å². The second-order valence-corrected chi connectivity index (χ2v) is 18.7. The van der Waals surface area contributed by atoms with Crippen molar-refractivity contribution in [2.75, 3.05) is 26.2 Å². The molecule has 1 fully saturated rings. The Morgan fingerprint density at radius 1 is 0.662 bits per heavy atom. The van der Waals surface area contributed by atoms with Crippen molar-refractivity contribution >= 4 is 63.3 Å². The normalized spacial score (nSPS) is 23.0. The number of para-hydroxylation sites is 2. The summed E-state index contributed by atoms with van der Waals surface area (Å²) in [6, 6.07) is 16.3. The van der Waals surface area contributed by atoms with Gasteiger partial charge in [-0.3, -0.25) is 39.1 Å². The number of carbonyl (C=O) groups is 7. The number of primary amides is 1. The molecule has 71 heavy (non-hydrogen) atoms. The molecule has 3 aromatic carbocycles. The van der Waals surface area contributed by atoms with Crippen LogP contribution in [0.2, 0.25) is 0 Å². The van der Waals surface area contributed by atoms with Crippen LogP contribution in [0.4, 0.5) is 4.79 Å². The molecule has 2 aliphatic rings. The highest BCUT2D eigenvalue weighted by atomic mass is 16.2. The third-order valence-corrected chi connectivity index (χ3v) is 12.9. The van der Waals surface area contributed by atoms with E-state index in [1.54, 1.807) is 18.5 Å². The Balaban J connectivity index is 1.21. The number of amides is 8. The van der Waals surface area contributed by atoms with Crippen LogP contribution in [0, 0.1) is 5.92 Å². The maximum absolute atomic E-state index is 14.6. The second-order valence-electron chi connectivity index (χ2n) is 18.7. The molecular weight excluding hydrogens is 905 g/mol. The summed E-state index contributed by atoms with van der Waals surface area (Å²) in [7, 11) is 0. The van der Waals surface area contributed by atoms with Crippen molar-refractivity contribution in [2.24, 2.45) is 17.4 Å². The first kappa shape index (κ1) is 51.3. The molecular formula is C52H66N12O7. The summed E-state index contributed by atoms with van der Waals surface area (Å²) in [5, 5.41) is 16.7. The minimum atomic E-state index is -1.27. The number of carbonyl (C=O) groups excluding carboxylic acids is 7. The quantitative estimate of drug-likeness (QED) is 0.0869. The molecule has 19 heteroatoms. The Hall–Kier alpha value is -7.51. The highest BCUT2D eigenvalue weighted by molar-refractivity contribution is 5.97. The minimum Gasteiger partial charge on any atom is -0.368 e. The Kier molecular flexibility index (Phi) is 17.6. The van der Waals surface area contributed by atoms with Gasteiger partial charge in [-0.05, 0) is 87.2 Å². The van der Waals surface area contributed by atoms with Crippen molar-refractivity contribution in [1.29, 1.82) is 0 Å². The number of hydrazine groups is 1. The van der Waals surface area contributed by atoms with Crippen molar-refractivity contribution in [1.82, 2.24) is 51.9 Å². The standard InChI is InChI=1S/C52H66N12O7/c1-32(53)47(66)62-64-25-13-12-24-63(31-35-21-22-35)23-11-10-20-42(46(54)65)58-50(69)43(26-34-14-4-3-5-15-34)60-51(70)44(27-36-29-55-40-18-8-6-16-38(36)40)59-48(67)33(2)57-49(68)45(61-52(64)71)28-37-30-56-41-19-9-7-17-39(37)41/h3-9,12-19,29-30,32-33,35,42-45,55-56H,10-11,20-28,31,53H2,1-2H3,(H2,54,65)(H,57,68)(H,58,69)(H,59,67)(H,60,70)(H,61,71)(H,62,66)/b13-12-/t32-,33-,42-,43+,44-,45+/m0/s1. The van der Waals surface area contributed by atoms with Crippen LogP contribution in [0.25, 0.3) is 21.8 Å². The molecule has 3 heterocycles. The van der Waals surface area contributed by atoms with Crippen LogP contribution in [0.5, 0.6) is 0 Å². The lowest BCUT2D eigenvalue weighted by Crippen LogP contribution is -2.60. The van der Waals surface area contributed by atoms with Gasteiger partial charge in [0.1, 0.15) is 30.2 Å². The van der Waals surface area contributed by atoms with Crippen molar-refractivity contribution in [3.05, 3.63) is 120 Å². The lowest BCUT2D eigenvalue weighted by molar-refractivity contribution is -0.134. The van der Waals surface area contributed by atoms with E-state index in [4.69, 9.17) is 11.5 Å². The van der Waals surface area contributed by atoms with Gasteiger partial charge in [-0.2, -0.15) is 0 Å². The van der Waals surface area contributed by atoms with Gasteiger partial charge < -0.3 is 48.0 Å². The number of nitrogens with one attached hydrogen (secondary N) is 8. The first-order valence-electron chi connectivity index (χ1n) is 24.4. The molecule has 6 atom stereocenters. The molecule has 2 aromatic heterocycles. The molecule has 1 aliphatic carbocycles. The summed E-state index contributed by atoms with van der Waals surface area (Å²) in [6.45, 7) is 4.90. The van der Waals surface area contributed by atoms with Crippen LogP contribution in [0.3, 0.4) is 0 Å². The fourth-order valence-corrected chi connectivity index (χ4v) is 8.68. The number of fused-ring (bicyclic) bond motifs is 2. The van der Waals surface area contributed by atoms with E-state index < -0.39 is 77.7 Å². The zero-order valence-corrected chi connectivity index (χ0v) is 40.2. The van der Waals surface area contributed by atoms with Crippen LogP contribution in [-0.2, 0) is 48.0 Å². The van der Waals surface area contributed by atoms with Crippen LogP contribution in [0.1, 0.15) is 62.6 Å². The zero-order chi connectivity index (χ0) is 50.4. The van der Waals surface area contributed by atoms with E-state index in [0.717, 1.165) is 51.8 Å². The predicted octanol–water partition coefficient (Wildman–Crippen LogP) is 2.33. The second kappa shape index (κ2) is 24.4. The monoisotopic (exact) mass is 971 g/mol. The molecule has 5 aromatic rings. The number of aromatic amines is 2. The topological polar surface area (TPSA) is 282 Å². The van der Waals surface area contributed by atoms with Crippen molar-refractivity contribution in [2.45, 2.75) is 101 Å². The smallest absolute Gasteiger partial charge is 0.337 e. The van der Waals surface area contributed by atoms with E-state index in [-0.39, 0.29) is 32.2 Å². The third kappa shape index (κ3) is 14.5. The van der Waals surface area contributed by atoms with Crippen molar-refractivity contribution in [3.63, 3.8) is 0 Å². The van der Waals surface area contributed by atoms with E-state index in [1.807, 2.05) is 84.9 Å². The van der Waals surface area contributed by atoms with Crippen LogP contribution in [-0.4, -0.2) is 124 Å². The Labute approximate surface area is 412 Å². The molecule has 0 saturated heterocycles. The lowest BCUT2D eigenvalue weighted by atomic mass is 10.0. The zero-order valence-electron chi connectivity index (χ0n) is 40.2. The van der Waals surface area contributed by atoms with Gasteiger partial charge in [0.25, 0.3) is 5.91 Å². The van der Waals surface area contributed by atoms with Gasteiger partial charge in [0.05, 0.1) is 12.6 Å². The predicted molar refractivity (Wildman–Crippen MR) is 270 cm³/mol. The first-order chi connectivity index (χ1) is 34.2. The van der Waals surface area contributed by atoms with Gasteiger partial charge in [-0.25, -0.2) is 9.80 Å². The molecule has 0 bridgehead atoms. The summed E-state index contributed by atoms with van der Waals surface area (Å²) in [6.07, 6.45) is 10.9. The number of nitrogens with two attached hydrogens (primary N) is 2. The minimum absolute atomic E-state index is 0.00988. The summed E-state index contributed by atoms with van der Waals surface area (Å²) >= 11 is 0. The Morgan fingerprint density at radius 3 is 1.83 bits per heavy atom. The van der Waals surface area contributed by atoms with E-state index in [1.165, 1.54) is 13.8 Å². The number of nitrogens with zero attached hydrogens (tertiary/aromatic N) is 2. The molecule has 12 N–H and O–H groups in total. The maximum atomic E-state index is 14.6. The molecule has 7 rings (SSSR count). The number of H-pyrrole nitrogens is 2. The van der Waals surface area contributed by atoms with Gasteiger partial charge >= 0.3 is 6.03 Å². The highest BCUT2D eigenvalue weighted by Crippen LogP contribution is 2.30.